The van der Waals surface area contributed by atoms with Crippen LogP contribution in [0, 0.1) is 5.92 Å². The predicted molar refractivity (Wildman–Crippen MR) is 87.1 cm³/mol. The van der Waals surface area contributed by atoms with E-state index in [1.165, 1.54) is 5.41 Å². The second-order valence-electron chi connectivity index (χ2n) is 4.94. The number of nitrogens with one attached hydrogen (secondary N) is 1. The van der Waals surface area contributed by atoms with Crippen LogP contribution >= 0.6 is 12.4 Å². The molecule has 0 bridgehead atoms. The molecule has 0 saturated carbocycles. The highest BCUT2D eigenvalue weighted by atomic mass is 35.5. The molecule has 0 aromatic heterocycles. The zero-order valence-electron chi connectivity index (χ0n) is 11.8. The van der Waals surface area contributed by atoms with Crippen molar-refractivity contribution in [3.05, 3.63) is 41.3 Å². The molecule has 0 aliphatic carbocycles. The summed E-state index contributed by atoms with van der Waals surface area (Å²) in [4.78, 5) is 0. The molecule has 0 radical (unpaired) electrons. The Labute approximate surface area is 127 Å². The van der Waals surface area contributed by atoms with E-state index in [-0.39, 0.29) is 18.4 Å². The Morgan fingerprint density at radius 3 is 2.35 bits per heavy atom. The number of benzene rings is 1. The maximum absolute atomic E-state index is 11.9. The van der Waals surface area contributed by atoms with Crippen molar-refractivity contribution in [3.8, 4) is 0 Å². The molecule has 0 aliphatic heterocycles. The van der Waals surface area contributed by atoms with Gasteiger partial charge in [-0.05, 0) is 24.0 Å². The normalized spacial score (nSPS) is 13.4. The molecule has 1 aromatic rings. The van der Waals surface area contributed by atoms with E-state index in [4.69, 9.17) is 5.73 Å². The molecule has 1 unspecified atom stereocenters. The van der Waals surface area contributed by atoms with Gasteiger partial charge in [-0.3, -0.25) is 0 Å². The Hall–Kier alpha value is -0.880. The van der Waals surface area contributed by atoms with E-state index < -0.39 is 10.0 Å². The highest BCUT2D eigenvalue weighted by molar-refractivity contribution is 7.92. The average Bonchev–Trinajstić information content (AvgIpc) is 2.36. The summed E-state index contributed by atoms with van der Waals surface area (Å²) in [5, 5.41) is 1.19. The number of hydrogen-bond donors (Lipinski definition) is 2. The van der Waals surface area contributed by atoms with Crippen molar-refractivity contribution in [3.63, 3.8) is 0 Å². The van der Waals surface area contributed by atoms with Crippen LogP contribution < -0.4 is 10.5 Å². The van der Waals surface area contributed by atoms with Crippen molar-refractivity contribution in [1.82, 2.24) is 4.72 Å². The molecule has 0 spiro atoms. The third kappa shape index (κ3) is 7.65. The lowest BCUT2D eigenvalue weighted by atomic mass is 10.1. The first kappa shape index (κ1) is 19.1. The zero-order valence-corrected chi connectivity index (χ0v) is 13.5. The van der Waals surface area contributed by atoms with Gasteiger partial charge in [0, 0.05) is 18.0 Å². The molecular weight excluding hydrogens is 296 g/mol. The van der Waals surface area contributed by atoms with Gasteiger partial charge in [0.05, 0.1) is 0 Å². The molecule has 4 nitrogen and oxygen atoms in total. The van der Waals surface area contributed by atoms with Crippen LogP contribution in [-0.2, 0) is 10.0 Å². The van der Waals surface area contributed by atoms with Gasteiger partial charge in [0.15, 0.2) is 0 Å². The van der Waals surface area contributed by atoms with Crippen molar-refractivity contribution in [1.29, 1.82) is 0 Å². The molecule has 0 aliphatic rings. The first-order valence-corrected chi connectivity index (χ1v) is 7.93. The molecule has 0 fully saturated rings. The number of hydrogen-bond acceptors (Lipinski definition) is 3. The summed E-state index contributed by atoms with van der Waals surface area (Å²) in [5.41, 5.74) is 6.43. The lowest BCUT2D eigenvalue weighted by Crippen LogP contribution is -2.40. The summed E-state index contributed by atoms with van der Waals surface area (Å²) in [5.74, 6) is 0.398. The minimum Gasteiger partial charge on any atom is -0.329 e. The predicted octanol–water partition coefficient (Wildman–Crippen LogP) is 2.37. The summed E-state index contributed by atoms with van der Waals surface area (Å²) in [6.45, 7) is 4.38. The topological polar surface area (TPSA) is 72.2 Å². The molecular formula is C14H23ClN2O2S. The van der Waals surface area contributed by atoms with Crippen molar-refractivity contribution in [2.75, 3.05) is 6.54 Å². The first-order valence-electron chi connectivity index (χ1n) is 6.38. The second kappa shape index (κ2) is 9.13. The fraction of sp³-hybridized carbons (Fsp3) is 0.429. The molecule has 6 heteroatoms. The largest absolute Gasteiger partial charge is 0.329 e. The zero-order chi connectivity index (χ0) is 14.3. The van der Waals surface area contributed by atoms with Crippen LogP contribution in [0.5, 0.6) is 0 Å². The average molecular weight is 319 g/mol. The van der Waals surface area contributed by atoms with Gasteiger partial charge in [-0.25, -0.2) is 13.1 Å². The minimum atomic E-state index is -3.45. The molecule has 1 atom stereocenters. The summed E-state index contributed by atoms with van der Waals surface area (Å²) in [6.07, 6.45) is 2.31. The highest BCUT2D eigenvalue weighted by Crippen LogP contribution is 2.07. The third-order valence-electron chi connectivity index (χ3n) is 2.61. The Bertz CT molecular complexity index is 501. The van der Waals surface area contributed by atoms with Gasteiger partial charge in [-0.2, -0.15) is 0 Å². The van der Waals surface area contributed by atoms with Crippen molar-refractivity contribution in [2.24, 2.45) is 11.7 Å². The summed E-state index contributed by atoms with van der Waals surface area (Å²) < 4.78 is 26.4. The van der Waals surface area contributed by atoms with Crippen molar-refractivity contribution in [2.45, 2.75) is 26.3 Å². The quantitative estimate of drug-likeness (QED) is 0.810. The van der Waals surface area contributed by atoms with Crippen LogP contribution in [0.3, 0.4) is 0 Å². The summed E-state index contributed by atoms with van der Waals surface area (Å²) in [6, 6.07) is 9.09. The lowest BCUT2D eigenvalue weighted by Gasteiger charge is -2.17. The maximum atomic E-state index is 11.9. The monoisotopic (exact) mass is 318 g/mol. The van der Waals surface area contributed by atoms with Gasteiger partial charge in [-0.1, -0.05) is 44.2 Å². The summed E-state index contributed by atoms with van der Waals surface area (Å²) >= 11 is 0. The lowest BCUT2D eigenvalue weighted by molar-refractivity contribution is 0.467. The van der Waals surface area contributed by atoms with Crippen LogP contribution in [0.25, 0.3) is 6.08 Å². The van der Waals surface area contributed by atoms with E-state index in [0.29, 0.717) is 12.5 Å². The van der Waals surface area contributed by atoms with Crippen LogP contribution in [0.2, 0.25) is 0 Å². The van der Waals surface area contributed by atoms with Crippen LogP contribution in [-0.4, -0.2) is 21.0 Å². The first-order chi connectivity index (χ1) is 8.93. The molecule has 20 heavy (non-hydrogen) atoms. The minimum absolute atomic E-state index is 0. The van der Waals surface area contributed by atoms with Gasteiger partial charge in [0.2, 0.25) is 10.0 Å². The molecule has 3 N–H and O–H groups in total. The van der Waals surface area contributed by atoms with Gasteiger partial charge < -0.3 is 5.73 Å². The van der Waals surface area contributed by atoms with Crippen LogP contribution in [0.1, 0.15) is 25.8 Å². The smallest absolute Gasteiger partial charge is 0.234 e. The molecule has 0 heterocycles. The van der Waals surface area contributed by atoms with Crippen LogP contribution in [0.4, 0.5) is 0 Å². The maximum Gasteiger partial charge on any atom is 0.234 e. The van der Waals surface area contributed by atoms with Gasteiger partial charge in [-0.15, -0.1) is 12.4 Å². The standard InChI is InChI=1S/C14H22N2O2S.ClH/c1-12(2)10-14(11-15)16-19(17,18)9-8-13-6-4-3-5-7-13;/h3-9,12,14,16H,10-11,15H2,1-2H3;1H/b9-8+;. The number of halogens is 1. The van der Waals surface area contributed by atoms with E-state index in [9.17, 15) is 8.42 Å². The Morgan fingerprint density at radius 2 is 1.85 bits per heavy atom. The molecule has 114 valence electrons. The molecule has 1 aromatic carbocycles. The second-order valence-corrected chi connectivity index (χ2v) is 6.54. The Morgan fingerprint density at radius 1 is 1.25 bits per heavy atom. The number of nitrogens with two attached hydrogens (primary N) is 1. The van der Waals surface area contributed by atoms with E-state index in [0.717, 1.165) is 12.0 Å². The number of sulfonamides is 1. The van der Waals surface area contributed by atoms with E-state index in [1.54, 1.807) is 6.08 Å². The fourth-order valence-corrected chi connectivity index (χ4v) is 2.84. The van der Waals surface area contributed by atoms with E-state index in [2.05, 4.69) is 4.72 Å². The van der Waals surface area contributed by atoms with Gasteiger partial charge in [0.1, 0.15) is 0 Å². The van der Waals surface area contributed by atoms with Crippen molar-refractivity contribution >= 4 is 28.5 Å². The van der Waals surface area contributed by atoms with Crippen molar-refractivity contribution < 1.29 is 8.42 Å². The van der Waals surface area contributed by atoms with E-state index in [1.807, 2.05) is 44.2 Å². The fourth-order valence-electron chi connectivity index (χ4n) is 1.77. The Kier molecular flexibility index (Phi) is 8.73. The van der Waals surface area contributed by atoms with Gasteiger partial charge in [0.25, 0.3) is 0 Å². The number of rotatable bonds is 7. The molecule has 0 amide bonds. The van der Waals surface area contributed by atoms with E-state index >= 15 is 0 Å². The SMILES string of the molecule is CC(C)CC(CN)NS(=O)(=O)/C=C/c1ccccc1.Cl. The van der Waals surface area contributed by atoms with Gasteiger partial charge >= 0.3 is 0 Å². The van der Waals surface area contributed by atoms with Crippen LogP contribution in [0.15, 0.2) is 35.7 Å². The third-order valence-corrected chi connectivity index (χ3v) is 3.77. The molecule has 0 saturated heterocycles. The Balaban J connectivity index is 0.00000361. The highest BCUT2D eigenvalue weighted by Gasteiger charge is 2.15. The molecule has 1 rings (SSSR count). The summed E-state index contributed by atoms with van der Waals surface area (Å²) in [7, 11) is -3.45.